The van der Waals surface area contributed by atoms with E-state index in [4.69, 9.17) is 9.47 Å². The number of carbonyl (C=O) groups excluding carboxylic acids is 1. The van der Waals surface area contributed by atoms with Crippen LogP contribution in [0.25, 0.3) is 16.9 Å². The van der Waals surface area contributed by atoms with Crippen LogP contribution in [0.3, 0.4) is 0 Å². The van der Waals surface area contributed by atoms with Gasteiger partial charge >= 0.3 is 0 Å². The molecule has 2 N–H and O–H groups in total. The molecule has 0 bridgehead atoms. The third-order valence-corrected chi connectivity index (χ3v) is 5.43. The molecule has 10 nitrogen and oxygen atoms in total. The molecule has 0 spiro atoms. The number of fused-ring (bicyclic) bond motifs is 1. The van der Waals surface area contributed by atoms with E-state index < -0.39 is 5.82 Å². The summed E-state index contributed by atoms with van der Waals surface area (Å²) in [5.41, 5.74) is 2.95. The molecule has 0 fully saturated rings. The second kappa shape index (κ2) is 10.3. The topological polar surface area (TPSA) is 116 Å². The highest BCUT2D eigenvalue weighted by atomic mass is 19.1. The summed E-state index contributed by atoms with van der Waals surface area (Å²) in [6.45, 7) is 0.181. The van der Waals surface area contributed by atoms with Gasteiger partial charge in [-0.05, 0) is 42.5 Å². The van der Waals surface area contributed by atoms with Crippen molar-refractivity contribution in [1.82, 2.24) is 29.9 Å². The van der Waals surface area contributed by atoms with Gasteiger partial charge in [0.1, 0.15) is 11.6 Å². The largest absolute Gasteiger partial charge is 0.491 e. The van der Waals surface area contributed by atoms with Crippen LogP contribution >= 0.6 is 0 Å². The van der Waals surface area contributed by atoms with Crippen molar-refractivity contribution in [1.29, 1.82) is 0 Å². The van der Waals surface area contributed by atoms with Gasteiger partial charge in [-0.15, -0.1) is 5.10 Å². The van der Waals surface area contributed by atoms with Crippen molar-refractivity contribution in [2.75, 3.05) is 19.5 Å². The minimum absolute atomic E-state index is 0.181. The Labute approximate surface area is 211 Å². The number of hydrogen-bond acceptors (Lipinski definition) is 8. The van der Waals surface area contributed by atoms with Gasteiger partial charge in [0.25, 0.3) is 11.8 Å². The van der Waals surface area contributed by atoms with E-state index in [-0.39, 0.29) is 18.0 Å². The lowest BCUT2D eigenvalue weighted by Crippen LogP contribution is -2.23. The summed E-state index contributed by atoms with van der Waals surface area (Å²) in [5, 5.41) is 10.4. The van der Waals surface area contributed by atoms with Gasteiger partial charge in [0.15, 0.2) is 17.2 Å². The lowest BCUT2D eigenvalue weighted by molar-refractivity contribution is 0.0950. The molecule has 1 aromatic carbocycles. The Hall–Kier alpha value is -5.06. The van der Waals surface area contributed by atoms with Crippen LogP contribution in [0.4, 0.5) is 16.0 Å². The summed E-state index contributed by atoms with van der Waals surface area (Å²) >= 11 is 0. The summed E-state index contributed by atoms with van der Waals surface area (Å²) < 4.78 is 25.5. The minimum Gasteiger partial charge on any atom is -0.491 e. The summed E-state index contributed by atoms with van der Waals surface area (Å²) in [6.07, 6.45) is 3.46. The lowest BCUT2D eigenvalue weighted by atomic mass is 10.2. The fraction of sp³-hybridized carbons (Fsp3) is 0.115. The molecule has 11 heteroatoms. The number of carbonyl (C=O) groups is 1. The quantitative estimate of drug-likeness (QED) is 0.329. The average Bonchev–Trinajstić information content (AvgIpc) is 3.33. The fourth-order valence-corrected chi connectivity index (χ4v) is 3.65. The molecule has 0 atom stereocenters. The zero-order chi connectivity index (χ0) is 25.8. The SMILES string of the molecule is COc1cc(-c2ccn3nc(Nc4cccc(CNC(=O)c5cccc(F)c5)n4)cc3n2)cnc1OC. The number of benzene rings is 1. The maximum Gasteiger partial charge on any atom is 0.256 e. The standard InChI is InChI=1S/C26H22FN7O3/c1-36-21-12-17(14-29-26(21)37-2)20-9-10-34-24(31-20)13-23(33-34)32-22-8-4-7-19(30-22)15-28-25(35)16-5-3-6-18(27)11-16/h3-14H,15H2,1-2H3,(H,28,35)(H,30,32,33). The number of nitrogens with zero attached hydrogens (tertiary/aromatic N) is 5. The van der Waals surface area contributed by atoms with Crippen molar-refractivity contribution in [2.45, 2.75) is 6.54 Å². The predicted octanol–water partition coefficient (Wildman–Crippen LogP) is 4.02. The molecule has 0 aliphatic carbocycles. The van der Waals surface area contributed by atoms with E-state index in [1.54, 1.807) is 48.3 Å². The lowest BCUT2D eigenvalue weighted by Gasteiger charge is -2.08. The van der Waals surface area contributed by atoms with E-state index in [0.717, 1.165) is 5.56 Å². The van der Waals surface area contributed by atoms with Gasteiger partial charge in [0.05, 0.1) is 32.2 Å². The van der Waals surface area contributed by atoms with Crippen molar-refractivity contribution < 1.29 is 18.7 Å². The Balaban J connectivity index is 1.30. The van der Waals surface area contributed by atoms with Crippen molar-refractivity contribution in [3.05, 3.63) is 90.1 Å². The Kier molecular flexibility index (Phi) is 6.58. The molecule has 0 saturated heterocycles. The number of nitrogens with one attached hydrogen (secondary N) is 2. The van der Waals surface area contributed by atoms with Crippen LogP contribution in [0.15, 0.2) is 73.1 Å². The van der Waals surface area contributed by atoms with Gasteiger partial charge in [-0.3, -0.25) is 4.79 Å². The molecule has 4 aromatic heterocycles. The Morgan fingerprint density at radius 1 is 1.00 bits per heavy atom. The zero-order valence-electron chi connectivity index (χ0n) is 20.0. The number of amides is 1. The first-order chi connectivity index (χ1) is 18.0. The van der Waals surface area contributed by atoms with Crippen molar-refractivity contribution in [3.8, 4) is 22.9 Å². The van der Waals surface area contributed by atoms with Crippen LogP contribution < -0.4 is 20.1 Å². The van der Waals surface area contributed by atoms with Crippen LogP contribution in [0, 0.1) is 5.82 Å². The van der Waals surface area contributed by atoms with Gasteiger partial charge in [0, 0.05) is 29.6 Å². The molecule has 0 saturated carbocycles. The van der Waals surface area contributed by atoms with Crippen LogP contribution in [-0.4, -0.2) is 44.7 Å². The first-order valence-corrected chi connectivity index (χ1v) is 11.2. The number of anilines is 2. The van der Waals surface area contributed by atoms with Crippen LogP contribution in [0.2, 0.25) is 0 Å². The smallest absolute Gasteiger partial charge is 0.256 e. The average molecular weight is 500 g/mol. The third kappa shape index (κ3) is 5.30. The number of pyridine rings is 2. The number of hydrogen-bond donors (Lipinski definition) is 2. The van der Waals surface area contributed by atoms with Crippen molar-refractivity contribution >= 4 is 23.2 Å². The molecule has 5 rings (SSSR count). The molecular weight excluding hydrogens is 477 g/mol. The molecule has 0 aliphatic rings. The maximum atomic E-state index is 13.4. The van der Waals surface area contributed by atoms with Crippen LogP contribution in [0.1, 0.15) is 16.1 Å². The van der Waals surface area contributed by atoms with Gasteiger partial charge in [-0.2, -0.15) is 0 Å². The molecule has 37 heavy (non-hydrogen) atoms. The number of rotatable bonds is 8. The summed E-state index contributed by atoms with van der Waals surface area (Å²) in [7, 11) is 3.08. The molecular formula is C26H22FN7O3. The highest BCUT2D eigenvalue weighted by Crippen LogP contribution is 2.29. The first kappa shape index (κ1) is 23.7. The summed E-state index contributed by atoms with van der Waals surface area (Å²) in [5.74, 6) is 1.15. The second-order valence-corrected chi connectivity index (χ2v) is 7.91. The Bertz CT molecular complexity index is 1590. The highest BCUT2D eigenvalue weighted by Gasteiger charge is 2.11. The Morgan fingerprint density at radius 3 is 2.68 bits per heavy atom. The van der Waals surface area contributed by atoms with Gasteiger partial charge < -0.3 is 20.1 Å². The molecule has 0 unspecified atom stereocenters. The predicted molar refractivity (Wildman–Crippen MR) is 134 cm³/mol. The number of halogens is 1. The van der Waals surface area contributed by atoms with Gasteiger partial charge in [-0.1, -0.05) is 12.1 Å². The van der Waals surface area contributed by atoms with E-state index in [1.807, 2.05) is 18.2 Å². The van der Waals surface area contributed by atoms with E-state index in [9.17, 15) is 9.18 Å². The van der Waals surface area contributed by atoms with Crippen molar-refractivity contribution in [2.24, 2.45) is 0 Å². The molecule has 5 aromatic rings. The highest BCUT2D eigenvalue weighted by molar-refractivity contribution is 5.94. The van der Waals surface area contributed by atoms with E-state index in [1.165, 1.54) is 25.3 Å². The molecule has 0 radical (unpaired) electrons. The van der Waals surface area contributed by atoms with Gasteiger partial charge in [-0.25, -0.2) is 23.9 Å². The van der Waals surface area contributed by atoms with Crippen LogP contribution in [-0.2, 0) is 6.54 Å². The van der Waals surface area contributed by atoms with Crippen molar-refractivity contribution in [3.63, 3.8) is 0 Å². The zero-order valence-corrected chi connectivity index (χ0v) is 20.0. The second-order valence-electron chi connectivity index (χ2n) is 7.91. The van der Waals surface area contributed by atoms with E-state index in [0.29, 0.717) is 40.3 Å². The molecule has 1 amide bonds. The fourth-order valence-electron chi connectivity index (χ4n) is 3.65. The van der Waals surface area contributed by atoms with E-state index >= 15 is 0 Å². The number of ether oxygens (including phenoxy) is 2. The molecule has 0 aliphatic heterocycles. The molecule has 4 heterocycles. The Morgan fingerprint density at radius 2 is 1.86 bits per heavy atom. The molecule has 186 valence electrons. The maximum absolute atomic E-state index is 13.4. The van der Waals surface area contributed by atoms with Crippen LogP contribution in [0.5, 0.6) is 11.6 Å². The number of aromatic nitrogens is 5. The summed E-state index contributed by atoms with van der Waals surface area (Å²) in [6, 6.07) is 16.3. The first-order valence-electron chi connectivity index (χ1n) is 11.2. The third-order valence-electron chi connectivity index (χ3n) is 5.43. The summed E-state index contributed by atoms with van der Waals surface area (Å²) in [4.78, 5) is 25.7. The number of methoxy groups -OCH3 is 2. The monoisotopic (exact) mass is 499 g/mol. The normalized spacial score (nSPS) is 10.8. The van der Waals surface area contributed by atoms with E-state index in [2.05, 4.69) is 30.7 Å². The minimum atomic E-state index is -0.466. The van der Waals surface area contributed by atoms with Gasteiger partial charge in [0.2, 0.25) is 0 Å².